The Hall–Kier alpha value is -3.08. The van der Waals surface area contributed by atoms with Gasteiger partial charge in [0.05, 0.1) is 14.2 Å². The van der Waals surface area contributed by atoms with Crippen LogP contribution in [0.25, 0.3) is 10.8 Å². The fourth-order valence-electron chi connectivity index (χ4n) is 2.80. The first kappa shape index (κ1) is 16.8. The third-order valence-electron chi connectivity index (χ3n) is 4.09. The van der Waals surface area contributed by atoms with E-state index in [1.54, 1.807) is 32.4 Å². The SMILES string of the molecule is COc1ccc(CN(C)C(=O)c2nccc3ccccc23)cc1OC. The first-order valence-corrected chi connectivity index (χ1v) is 7.94. The number of aromatic nitrogens is 1. The molecule has 5 heteroatoms. The molecule has 1 heterocycles. The van der Waals surface area contributed by atoms with Crippen LogP contribution in [0.2, 0.25) is 0 Å². The van der Waals surface area contributed by atoms with Crippen LogP contribution in [0, 0.1) is 0 Å². The van der Waals surface area contributed by atoms with Crippen molar-refractivity contribution < 1.29 is 14.3 Å². The van der Waals surface area contributed by atoms with Crippen molar-refractivity contribution in [2.24, 2.45) is 0 Å². The zero-order valence-electron chi connectivity index (χ0n) is 14.5. The molecule has 0 atom stereocenters. The summed E-state index contributed by atoms with van der Waals surface area (Å²) >= 11 is 0. The number of pyridine rings is 1. The summed E-state index contributed by atoms with van der Waals surface area (Å²) < 4.78 is 10.6. The highest BCUT2D eigenvalue weighted by Crippen LogP contribution is 2.28. The van der Waals surface area contributed by atoms with E-state index in [-0.39, 0.29) is 5.91 Å². The van der Waals surface area contributed by atoms with E-state index in [2.05, 4.69) is 4.98 Å². The molecule has 0 aliphatic rings. The Kier molecular flexibility index (Phi) is 4.84. The average Bonchev–Trinajstić information content (AvgIpc) is 2.66. The van der Waals surface area contributed by atoms with Gasteiger partial charge in [-0.3, -0.25) is 9.78 Å². The van der Waals surface area contributed by atoms with Crippen molar-refractivity contribution in [2.75, 3.05) is 21.3 Å². The quantitative estimate of drug-likeness (QED) is 0.715. The lowest BCUT2D eigenvalue weighted by molar-refractivity contribution is 0.0781. The summed E-state index contributed by atoms with van der Waals surface area (Å²) in [6.07, 6.45) is 1.67. The minimum atomic E-state index is -0.119. The van der Waals surface area contributed by atoms with Gasteiger partial charge in [0.15, 0.2) is 11.5 Å². The minimum Gasteiger partial charge on any atom is -0.493 e. The smallest absolute Gasteiger partial charge is 0.273 e. The van der Waals surface area contributed by atoms with Crippen molar-refractivity contribution >= 4 is 16.7 Å². The minimum absolute atomic E-state index is 0.119. The molecule has 0 radical (unpaired) electrons. The Bertz CT molecular complexity index is 903. The van der Waals surface area contributed by atoms with Crippen molar-refractivity contribution in [1.82, 2.24) is 9.88 Å². The number of amides is 1. The van der Waals surface area contributed by atoms with Crippen molar-refractivity contribution in [2.45, 2.75) is 6.54 Å². The van der Waals surface area contributed by atoms with E-state index in [0.29, 0.717) is 23.7 Å². The van der Waals surface area contributed by atoms with Crippen LogP contribution in [0.3, 0.4) is 0 Å². The van der Waals surface area contributed by atoms with Crippen LogP contribution in [0.4, 0.5) is 0 Å². The second-order valence-electron chi connectivity index (χ2n) is 5.73. The molecule has 0 aliphatic carbocycles. The van der Waals surface area contributed by atoms with Gasteiger partial charge in [-0.15, -0.1) is 0 Å². The fraction of sp³-hybridized carbons (Fsp3) is 0.200. The predicted molar refractivity (Wildman–Crippen MR) is 97.1 cm³/mol. The summed E-state index contributed by atoms with van der Waals surface area (Å²) in [5.74, 6) is 1.19. The van der Waals surface area contributed by atoms with Gasteiger partial charge in [-0.2, -0.15) is 0 Å². The van der Waals surface area contributed by atoms with E-state index in [0.717, 1.165) is 16.3 Å². The molecule has 1 amide bonds. The van der Waals surface area contributed by atoms with Gasteiger partial charge in [0.25, 0.3) is 5.91 Å². The number of nitrogens with zero attached hydrogens (tertiary/aromatic N) is 2. The summed E-state index contributed by atoms with van der Waals surface area (Å²) in [6.45, 7) is 0.449. The lowest BCUT2D eigenvalue weighted by atomic mass is 10.1. The molecule has 3 aromatic rings. The third kappa shape index (κ3) is 3.40. The van der Waals surface area contributed by atoms with Gasteiger partial charge in [-0.05, 0) is 29.1 Å². The van der Waals surface area contributed by atoms with Gasteiger partial charge in [0.1, 0.15) is 5.69 Å². The number of hydrogen-bond acceptors (Lipinski definition) is 4. The summed E-state index contributed by atoms with van der Waals surface area (Å²) in [7, 11) is 4.96. The van der Waals surface area contributed by atoms with Gasteiger partial charge in [0, 0.05) is 25.2 Å². The van der Waals surface area contributed by atoms with E-state index >= 15 is 0 Å². The highest BCUT2D eigenvalue weighted by molar-refractivity contribution is 6.04. The fourth-order valence-corrected chi connectivity index (χ4v) is 2.80. The molecule has 0 spiro atoms. The molecular formula is C20H20N2O3. The molecule has 2 aromatic carbocycles. The number of carbonyl (C=O) groups excluding carboxylic acids is 1. The Morgan fingerprint density at radius 3 is 2.56 bits per heavy atom. The van der Waals surface area contributed by atoms with E-state index in [4.69, 9.17) is 9.47 Å². The number of hydrogen-bond donors (Lipinski definition) is 0. The molecule has 128 valence electrons. The number of carbonyl (C=O) groups is 1. The molecule has 5 nitrogen and oxygen atoms in total. The van der Waals surface area contributed by atoms with Crippen LogP contribution in [-0.4, -0.2) is 37.1 Å². The molecule has 1 aromatic heterocycles. The molecule has 0 aliphatic heterocycles. The van der Waals surface area contributed by atoms with Crippen LogP contribution in [-0.2, 0) is 6.54 Å². The molecule has 0 N–H and O–H groups in total. The zero-order valence-corrected chi connectivity index (χ0v) is 14.5. The van der Waals surface area contributed by atoms with Crippen molar-refractivity contribution in [3.63, 3.8) is 0 Å². The Morgan fingerprint density at radius 2 is 1.80 bits per heavy atom. The maximum absolute atomic E-state index is 12.8. The van der Waals surface area contributed by atoms with E-state index in [9.17, 15) is 4.79 Å². The number of methoxy groups -OCH3 is 2. The predicted octanol–water partition coefficient (Wildman–Crippen LogP) is 3.52. The lowest BCUT2D eigenvalue weighted by Gasteiger charge is -2.18. The first-order chi connectivity index (χ1) is 12.1. The van der Waals surface area contributed by atoms with Gasteiger partial charge >= 0.3 is 0 Å². The van der Waals surface area contributed by atoms with Gasteiger partial charge in [-0.1, -0.05) is 30.3 Å². The average molecular weight is 336 g/mol. The van der Waals surface area contributed by atoms with Gasteiger partial charge < -0.3 is 14.4 Å². The summed E-state index contributed by atoms with van der Waals surface area (Å²) in [5, 5.41) is 1.86. The number of ether oxygens (including phenoxy) is 2. The molecule has 0 bridgehead atoms. The van der Waals surface area contributed by atoms with Crippen LogP contribution in [0.15, 0.2) is 54.7 Å². The maximum Gasteiger partial charge on any atom is 0.273 e. The second kappa shape index (κ2) is 7.21. The lowest BCUT2D eigenvalue weighted by Crippen LogP contribution is -2.27. The molecule has 0 saturated carbocycles. The molecule has 0 unspecified atom stereocenters. The molecule has 25 heavy (non-hydrogen) atoms. The van der Waals surface area contributed by atoms with Crippen molar-refractivity contribution in [1.29, 1.82) is 0 Å². The third-order valence-corrected chi connectivity index (χ3v) is 4.09. The van der Waals surface area contributed by atoms with E-state index in [1.807, 2.05) is 48.5 Å². The zero-order chi connectivity index (χ0) is 17.8. The number of rotatable bonds is 5. The Labute approximate surface area is 146 Å². The van der Waals surface area contributed by atoms with E-state index in [1.165, 1.54) is 0 Å². The summed E-state index contributed by atoms with van der Waals surface area (Å²) in [4.78, 5) is 18.8. The Morgan fingerprint density at radius 1 is 1.04 bits per heavy atom. The molecule has 0 saturated heterocycles. The molecule has 3 rings (SSSR count). The standard InChI is InChI=1S/C20H20N2O3/c1-22(13-14-8-9-17(24-2)18(12-14)25-3)20(23)19-16-7-5-4-6-15(16)10-11-21-19/h4-12H,13H2,1-3H3. The van der Waals surface area contributed by atoms with Crippen molar-refractivity contribution in [3.8, 4) is 11.5 Å². The monoisotopic (exact) mass is 336 g/mol. The molecular weight excluding hydrogens is 316 g/mol. The second-order valence-corrected chi connectivity index (χ2v) is 5.73. The maximum atomic E-state index is 12.8. The topological polar surface area (TPSA) is 51.7 Å². The highest BCUT2D eigenvalue weighted by Gasteiger charge is 2.17. The Balaban J connectivity index is 1.85. The summed E-state index contributed by atoms with van der Waals surface area (Å²) in [5.41, 5.74) is 1.41. The van der Waals surface area contributed by atoms with Crippen LogP contribution in [0.5, 0.6) is 11.5 Å². The summed E-state index contributed by atoms with van der Waals surface area (Å²) in [6, 6.07) is 15.3. The first-order valence-electron chi connectivity index (χ1n) is 7.94. The van der Waals surface area contributed by atoms with Gasteiger partial charge in [-0.25, -0.2) is 0 Å². The van der Waals surface area contributed by atoms with Crippen LogP contribution < -0.4 is 9.47 Å². The van der Waals surface area contributed by atoms with E-state index < -0.39 is 0 Å². The largest absolute Gasteiger partial charge is 0.493 e. The molecule has 0 fully saturated rings. The van der Waals surface area contributed by atoms with Gasteiger partial charge in [0.2, 0.25) is 0 Å². The number of fused-ring (bicyclic) bond motifs is 1. The van der Waals surface area contributed by atoms with Crippen LogP contribution >= 0.6 is 0 Å². The number of benzene rings is 2. The normalized spacial score (nSPS) is 10.5. The van der Waals surface area contributed by atoms with Crippen molar-refractivity contribution in [3.05, 3.63) is 66.0 Å². The highest BCUT2D eigenvalue weighted by atomic mass is 16.5. The van der Waals surface area contributed by atoms with Crippen LogP contribution in [0.1, 0.15) is 16.1 Å².